The third-order valence-corrected chi connectivity index (χ3v) is 3.24. The maximum Gasteiger partial charge on any atom is 0.0459 e. The van der Waals surface area contributed by atoms with Gasteiger partial charge in [0.25, 0.3) is 0 Å². The highest BCUT2D eigenvalue weighted by Crippen LogP contribution is 2.10. The van der Waals surface area contributed by atoms with Gasteiger partial charge in [-0.25, -0.2) is 0 Å². The van der Waals surface area contributed by atoms with E-state index in [0.717, 1.165) is 18.8 Å². The molecule has 1 atom stereocenters. The Morgan fingerprint density at radius 1 is 0.833 bits per heavy atom. The third-order valence-electron chi connectivity index (χ3n) is 3.24. The molecule has 0 bridgehead atoms. The number of unbranched alkanes of at least 4 members (excludes halogenated alkanes) is 3. The van der Waals surface area contributed by atoms with Gasteiger partial charge in [-0.05, 0) is 24.7 Å². The van der Waals surface area contributed by atoms with Gasteiger partial charge in [-0.3, -0.25) is 0 Å². The van der Waals surface area contributed by atoms with Gasteiger partial charge in [-0.2, -0.15) is 0 Å². The van der Waals surface area contributed by atoms with E-state index in [1.54, 1.807) is 0 Å². The molecule has 112 valence electrons. The molecule has 0 spiro atoms. The Hall–Kier alpha value is -0.0800. The van der Waals surface area contributed by atoms with E-state index in [9.17, 15) is 0 Å². The van der Waals surface area contributed by atoms with Crippen LogP contribution >= 0.6 is 0 Å². The number of hydrogen-bond donors (Lipinski definition) is 2. The molecule has 0 aromatic rings. The van der Waals surface area contributed by atoms with E-state index >= 15 is 0 Å². The van der Waals surface area contributed by atoms with Gasteiger partial charge in [-0.15, -0.1) is 0 Å². The van der Waals surface area contributed by atoms with E-state index < -0.39 is 0 Å². The quantitative estimate of drug-likeness (QED) is 0.572. The van der Waals surface area contributed by atoms with E-state index in [0.29, 0.717) is 19.1 Å². The van der Waals surface area contributed by atoms with Crippen LogP contribution in [0.1, 0.15) is 79.1 Å². The molecule has 0 amide bonds. The van der Waals surface area contributed by atoms with Crippen molar-refractivity contribution >= 4 is 0 Å². The average Bonchev–Trinajstić information content (AvgIpc) is 2.37. The molecular weight excluding hydrogens is 224 g/mol. The van der Waals surface area contributed by atoms with Crippen LogP contribution in [-0.4, -0.2) is 23.4 Å². The Bertz CT molecular complexity index is 131. The van der Waals surface area contributed by atoms with Crippen LogP contribution in [0.2, 0.25) is 0 Å². The molecular formula is C16H36O2. The Morgan fingerprint density at radius 3 is 1.89 bits per heavy atom. The van der Waals surface area contributed by atoms with Crippen LogP contribution in [0.3, 0.4) is 0 Å². The van der Waals surface area contributed by atoms with Gasteiger partial charge in [0.2, 0.25) is 0 Å². The monoisotopic (exact) mass is 260 g/mol. The van der Waals surface area contributed by atoms with Crippen molar-refractivity contribution in [1.29, 1.82) is 0 Å². The second kappa shape index (κ2) is 16.9. The van der Waals surface area contributed by atoms with Crippen LogP contribution in [0.4, 0.5) is 0 Å². The van der Waals surface area contributed by atoms with Gasteiger partial charge in [0.05, 0.1) is 0 Å². The first kappa shape index (κ1) is 20.2. The summed E-state index contributed by atoms with van der Waals surface area (Å²) in [6.45, 7) is 9.52. The van der Waals surface area contributed by atoms with E-state index in [2.05, 4.69) is 27.7 Å². The van der Waals surface area contributed by atoms with Crippen LogP contribution in [0.5, 0.6) is 0 Å². The zero-order valence-corrected chi connectivity index (χ0v) is 13.1. The minimum absolute atomic E-state index is 0.359. The lowest BCUT2D eigenvalue weighted by molar-refractivity contribution is 0.212. The normalized spacial score (nSPS) is 12.2. The predicted octanol–water partition coefficient (Wildman–Crippen LogP) is 4.39. The number of hydrogen-bond acceptors (Lipinski definition) is 2. The van der Waals surface area contributed by atoms with Crippen molar-refractivity contribution in [2.75, 3.05) is 13.2 Å². The Balaban J connectivity index is 0. The molecule has 0 saturated heterocycles. The van der Waals surface area contributed by atoms with Crippen LogP contribution in [-0.2, 0) is 0 Å². The summed E-state index contributed by atoms with van der Waals surface area (Å²) >= 11 is 0. The van der Waals surface area contributed by atoms with Gasteiger partial charge < -0.3 is 10.2 Å². The molecule has 0 saturated carbocycles. The molecule has 0 radical (unpaired) electrons. The van der Waals surface area contributed by atoms with Crippen LogP contribution in [0.15, 0.2) is 0 Å². The lowest BCUT2D eigenvalue weighted by atomic mass is 10.0. The van der Waals surface area contributed by atoms with E-state index in [-0.39, 0.29) is 0 Å². The molecule has 18 heavy (non-hydrogen) atoms. The average molecular weight is 260 g/mol. The minimum Gasteiger partial charge on any atom is -0.396 e. The summed E-state index contributed by atoms with van der Waals surface area (Å²) < 4.78 is 0. The first-order valence-corrected chi connectivity index (χ1v) is 7.83. The third kappa shape index (κ3) is 18.3. The summed E-state index contributed by atoms with van der Waals surface area (Å²) in [6, 6.07) is 0. The Kier molecular flexibility index (Phi) is 19.0. The van der Waals surface area contributed by atoms with Crippen LogP contribution < -0.4 is 0 Å². The number of aliphatic hydroxyl groups excluding tert-OH is 2. The first-order valence-electron chi connectivity index (χ1n) is 7.83. The fourth-order valence-corrected chi connectivity index (χ4v) is 1.76. The van der Waals surface area contributed by atoms with Crippen molar-refractivity contribution in [2.45, 2.75) is 79.1 Å². The molecule has 0 aliphatic carbocycles. The minimum atomic E-state index is 0.359. The number of aliphatic hydroxyl groups is 2. The number of rotatable bonds is 10. The zero-order chi connectivity index (χ0) is 14.2. The molecule has 2 heteroatoms. The molecule has 0 aromatic carbocycles. The summed E-state index contributed by atoms with van der Waals surface area (Å²) in [5.41, 5.74) is 0. The molecule has 0 fully saturated rings. The van der Waals surface area contributed by atoms with Crippen molar-refractivity contribution in [1.82, 2.24) is 0 Å². The molecule has 2 nitrogen and oxygen atoms in total. The van der Waals surface area contributed by atoms with Gasteiger partial charge in [0.15, 0.2) is 0 Å². The highest BCUT2D eigenvalue weighted by atomic mass is 16.3. The van der Waals surface area contributed by atoms with Crippen molar-refractivity contribution in [3.05, 3.63) is 0 Å². The fraction of sp³-hybridized carbons (Fsp3) is 1.00. The predicted molar refractivity (Wildman–Crippen MR) is 80.8 cm³/mol. The van der Waals surface area contributed by atoms with Crippen LogP contribution in [0, 0.1) is 11.8 Å². The lowest BCUT2D eigenvalue weighted by Gasteiger charge is -2.08. The SMILES string of the molecule is CC(C)CCCCCO.CCCCC(CC)CO. The van der Waals surface area contributed by atoms with Crippen molar-refractivity contribution < 1.29 is 10.2 Å². The summed E-state index contributed by atoms with van der Waals surface area (Å²) in [5, 5.41) is 17.2. The molecule has 2 N–H and O–H groups in total. The lowest BCUT2D eigenvalue weighted by Crippen LogP contribution is -2.03. The summed E-state index contributed by atoms with van der Waals surface area (Å²) in [7, 11) is 0. The molecule has 0 rings (SSSR count). The van der Waals surface area contributed by atoms with Gasteiger partial charge in [-0.1, -0.05) is 66.2 Å². The second-order valence-corrected chi connectivity index (χ2v) is 5.57. The zero-order valence-electron chi connectivity index (χ0n) is 13.1. The van der Waals surface area contributed by atoms with E-state index in [1.165, 1.54) is 38.5 Å². The van der Waals surface area contributed by atoms with Crippen molar-refractivity contribution in [3.63, 3.8) is 0 Å². The largest absolute Gasteiger partial charge is 0.396 e. The Labute approximate surface area is 115 Å². The standard InChI is InChI=1S/2C8H18O/c1-8(2)6-4-3-5-7-9;1-3-5-6-8(4-2)7-9/h2*8-9H,3-7H2,1-2H3. The van der Waals surface area contributed by atoms with Gasteiger partial charge in [0, 0.05) is 13.2 Å². The maximum absolute atomic E-state index is 8.75. The summed E-state index contributed by atoms with van der Waals surface area (Å²) in [5.74, 6) is 1.38. The van der Waals surface area contributed by atoms with Gasteiger partial charge in [0.1, 0.15) is 0 Å². The second-order valence-electron chi connectivity index (χ2n) is 5.57. The van der Waals surface area contributed by atoms with E-state index in [4.69, 9.17) is 10.2 Å². The molecule has 0 aliphatic heterocycles. The van der Waals surface area contributed by atoms with Gasteiger partial charge >= 0.3 is 0 Å². The smallest absolute Gasteiger partial charge is 0.0459 e. The summed E-state index contributed by atoms with van der Waals surface area (Å²) in [4.78, 5) is 0. The molecule has 0 aliphatic rings. The topological polar surface area (TPSA) is 40.5 Å². The maximum atomic E-state index is 8.75. The van der Waals surface area contributed by atoms with E-state index in [1.807, 2.05) is 0 Å². The fourth-order valence-electron chi connectivity index (χ4n) is 1.76. The molecule has 1 unspecified atom stereocenters. The first-order chi connectivity index (χ1) is 8.62. The van der Waals surface area contributed by atoms with Crippen molar-refractivity contribution in [2.24, 2.45) is 11.8 Å². The van der Waals surface area contributed by atoms with Crippen LogP contribution in [0.25, 0.3) is 0 Å². The highest BCUT2D eigenvalue weighted by molar-refractivity contribution is 4.53. The molecule has 0 aromatic heterocycles. The molecule has 0 heterocycles. The summed E-state index contributed by atoms with van der Waals surface area (Å²) in [6.07, 6.45) is 9.58. The highest BCUT2D eigenvalue weighted by Gasteiger charge is 2.01. The Morgan fingerprint density at radius 2 is 1.50 bits per heavy atom. The van der Waals surface area contributed by atoms with Crippen molar-refractivity contribution in [3.8, 4) is 0 Å².